The van der Waals surface area contributed by atoms with E-state index in [0.717, 1.165) is 13.0 Å². The smallest absolute Gasteiger partial charge is 0.238 e. The van der Waals surface area contributed by atoms with E-state index in [2.05, 4.69) is 18.3 Å². The average Bonchev–Trinajstić information content (AvgIpc) is 2.99. The van der Waals surface area contributed by atoms with Crippen LogP contribution in [0, 0.1) is 0 Å². The first kappa shape index (κ1) is 22.9. The summed E-state index contributed by atoms with van der Waals surface area (Å²) in [6.45, 7) is 4.51. The largest absolute Gasteiger partial charge is 0.388 e. The van der Waals surface area contributed by atoms with Crippen molar-refractivity contribution in [1.29, 1.82) is 0 Å². The van der Waals surface area contributed by atoms with Gasteiger partial charge in [-0.15, -0.1) is 23.4 Å². The Morgan fingerprint density at radius 2 is 2.07 bits per heavy atom. The minimum absolute atomic E-state index is 0.188. The Bertz CT molecular complexity index is 548. The molecule has 2 saturated heterocycles. The van der Waals surface area contributed by atoms with Gasteiger partial charge in [-0.3, -0.25) is 9.69 Å². The van der Waals surface area contributed by atoms with Gasteiger partial charge in [0.25, 0.3) is 0 Å². The van der Waals surface area contributed by atoms with Crippen molar-refractivity contribution in [3.8, 4) is 0 Å². The highest BCUT2D eigenvalue weighted by atomic mass is 35.5. The van der Waals surface area contributed by atoms with E-state index in [1.165, 1.54) is 17.3 Å². The fraction of sp³-hybridized carbons (Fsp3) is 0.833. The molecule has 2 aliphatic heterocycles. The molecule has 4 N–H and O–H groups in total. The van der Waals surface area contributed by atoms with Crippen molar-refractivity contribution in [3.05, 3.63) is 11.6 Å². The van der Waals surface area contributed by atoms with Gasteiger partial charge in [0, 0.05) is 6.54 Å². The number of carbonyl (C=O) groups excluding carboxylic acids is 1. The standard InChI is InChI=1S/C18H31ClN2O5S/c1-5-6-10-7-11(21(3)8-10)17(25)20-12(9(2)19)16-14(23)13(22)15(24)18(26-16)27-4/h6,9,11-16,18,22-24H,5,7-8H2,1-4H3,(H,20,25)/b10-6-/t9-,11-,12-,13+,14-,15-,16-,18-/m1/s1. The number of hydrogen-bond acceptors (Lipinski definition) is 7. The van der Waals surface area contributed by atoms with Crippen molar-refractivity contribution in [2.75, 3.05) is 19.8 Å². The van der Waals surface area contributed by atoms with E-state index < -0.39 is 41.3 Å². The van der Waals surface area contributed by atoms with Crippen LogP contribution >= 0.6 is 23.4 Å². The topological polar surface area (TPSA) is 102 Å². The van der Waals surface area contributed by atoms with E-state index in [1.54, 1.807) is 13.2 Å². The first-order chi connectivity index (χ1) is 12.7. The Morgan fingerprint density at radius 3 is 2.63 bits per heavy atom. The number of likely N-dealkylation sites (tertiary alicyclic amines) is 1. The summed E-state index contributed by atoms with van der Waals surface area (Å²) in [5.41, 5.74) is 0.516. The molecule has 2 heterocycles. The highest BCUT2D eigenvalue weighted by Crippen LogP contribution is 2.30. The van der Waals surface area contributed by atoms with Gasteiger partial charge in [0.15, 0.2) is 0 Å². The van der Waals surface area contributed by atoms with E-state index >= 15 is 0 Å². The summed E-state index contributed by atoms with van der Waals surface area (Å²) in [6.07, 6.45) is 0.601. The molecular formula is C18H31ClN2O5S. The predicted molar refractivity (Wildman–Crippen MR) is 107 cm³/mol. The molecule has 2 rings (SSSR count). The lowest BCUT2D eigenvalue weighted by Crippen LogP contribution is -2.65. The Hall–Kier alpha value is -0.350. The Balaban J connectivity index is 2.13. The maximum absolute atomic E-state index is 12.9. The van der Waals surface area contributed by atoms with Gasteiger partial charge < -0.3 is 25.4 Å². The fourth-order valence-electron chi connectivity index (χ4n) is 3.71. The Labute approximate surface area is 170 Å². The highest BCUT2D eigenvalue weighted by molar-refractivity contribution is 7.99. The summed E-state index contributed by atoms with van der Waals surface area (Å²) >= 11 is 7.53. The molecule has 156 valence electrons. The van der Waals surface area contributed by atoms with Crippen LogP contribution in [0.25, 0.3) is 0 Å². The van der Waals surface area contributed by atoms with Gasteiger partial charge in [-0.25, -0.2) is 0 Å². The zero-order valence-electron chi connectivity index (χ0n) is 16.2. The minimum Gasteiger partial charge on any atom is -0.388 e. The normalized spacial score (nSPS) is 38.7. The SMILES string of the molecule is CC/C=C1/C[C@H](C(=O)N[C@@H]([C@H]2O[C@H](SC)[C@H](O)[C@@H](O)[C@H]2O)[C@@H](C)Cl)N(C)C1. The van der Waals surface area contributed by atoms with Gasteiger partial charge in [0.2, 0.25) is 5.91 Å². The quantitative estimate of drug-likeness (QED) is 0.361. The van der Waals surface area contributed by atoms with Gasteiger partial charge in [0.05, 0.1) is 17.5 Å². The molecule has 0 aliphatic carbocycles. The summed E-state index contributed by atoms with van der Waals surface area (Å²) in [5.74, 6) is -0.188. The van der Waals surface area contributed by atoms with Crippen LogP contribution in [0.5, 0.6) is 0 Å². The van der Waals surface area contributed by atoms with Crippen LogP contribution in [0.1, 0.15) is 26.7 Å². The van der Waals surface area contributed by atoms with Crippen molar-refractivity contribution in [3.63, 3.8) is 0 Å². The zero-order chi connectivity index (χ0) is 20.3. The van der Waals surface area contributed by atoms with Crippen molar-refractivity contribution in [2.45, 2.75) is 74.0 Å². The third-order valence-corrected chi connectivity index (χ3v) is 6.36. The molecule has 0 saturated carbocycles. The molecule has 0 unspecified atom stereocenters. The van der Waals surface area contributed by atoms with E-state index in [0.29, 0.717) is 6.42 Å². The number of ether oxygens (including phenoxy) is 1. The van der Waals surface area contributed by atoms with Crippen LogP contribution in [0.4, 0.5) is 0 Å². The van der Waals surface area contributed by atoms with Gasteiger partial charge in [0.1, 0.15) is 29.9 Å². The molecule has 0 aromatic heterocycles. The summed E-state index contributed by atoms with van der Waals surface area (Å²) in [6, 6.07) is -1.02. The second kappa shape index (κ2) is 9.91. The number of aliphatic hydroxyl groups is 3. The number of carbonyl (C=O) groups is 1. The molecule has 2 aliphatic rings. The fourth-order valence-corrected chi connectivity index (χ4v) is 4.60. The third-order valence-electron chi connectivity index (χ3n) is 5.23. The maximum Gasteiger partial charge on any atom is 0.238 e. The Kier molecular flexibility index (Phi) is 8.42. The number of rotatable bonds is 6. The van der Waals surface area contributed by atoms with Crippen LogP contribution in [0.2, 0.25) is 0 Å². The molecule has 0 aromatic rings. The van der Waals surface area contributed by atoms with Gasteiger partial charge in [-0.1, -0.05) is 18.6 Å². The molecular weight excluding hydrogens is 392 g/mol. The summed E-state index contributed by atoms with van der Waals surface area (Å²) < 4.78 is 5.78. The minimum atomic E-state index is -1.37. The molecule has 27 heavy (non-hydrogen) atoms. The van der Waals surface area contributed by atoms with Crippen LogP contribution in [-0.2, 0) is 9.53 Å². The van der Waals surface area contributed by atoms with Gasteiger partial charge in [-0.05, 0) is 33.1 Å². The summed E-state index contributed by atoms with van der Waals surface area (Å²) in [5, 5.41) is 33.0. The van der Waals surface area contributed by atoms with E-state index in [1.807, 2.05) is 11.9 Å². The first-order valence-corrected chi connectivity index (χ1v) is 11.0. The van der Waals surface area contributed by atoms with Crippen LogP contribution in [0.15, 0.2) is 11.6 Å². The van der Waals surface area contributed by atoms with Crippen LogP contribution in [0.3, 0.4) is 0 Å². The second-order valence-corrected chi connectivity index (χ2v) is 8.92. The summed E-state index contributed by atoms with van der Waals surface area (Å²) in [7, 11) is 1.90. The number of alkyl halides is 1. The van der Waals surface area contributed by atoms with E-state index in [-0.39, 0.29) is 11.9 Å². The zero-order valence-corrected chi connectivity index (χ0v) is 17.8. The Morgan fingerprint density at radius 1 is 1.41 bits per heavy atom. The number of halogens is 1. The number of nitrogens with zero attached hydrogens (tertiary/aromatic N) is 1. The number of allylic oxidation sites excluding steroid dienone is 1. The second-order valence-electron chi connectivity index (χ2n) is 7.29. The van der Waals surface area contributed by atoms with Gasteiger partial charge >= 0.3 is 0 Å². The predicted octanol–water partition coefficient (Wildman–Crippen LogP) is 0.310. The van der Waals surface area contributed by atoms with Gasteiger partial charge in [-0.2, -0.15) is 0 Å². The maximum atomic E-state index is 12.9. The molecule has 0 aromatic carbocycles. The molecule has 1 amide bonds. The lowest BCUT2D eigenvalue weighted by Gasteiger charge is -2.44. The number of amides is 1. The van der Waals surface area contributed by atoms with Crippen molar-refractivity contribution >= 4 is 29.3 Å². The number of hydrogen-bond donors (Lipinski definition) is 4. The van der Waals surface area contributed by atoms with Crippen molar-refractivity contribution in [1.82, 2.24) is 10.2 Å². The average molecular weight is 423 g/mol. The van der Waals surface area contributed by atoms with E-state index in [4.69, 9.17) is 16.3 Å². The van der Waals surface area contributed by atoms with E-state index in [9.17, 15) is 20.1 Å². The lowest BCUT2D eigenvalue weighted by atomic mass is 9.93. The van der Waals surface area contributed by atoms with Crippen molar-refractivity contribution < 1.29 is 24.9 Å². The lowest BCUT2D eigenvalue weighted by molar-refractivity contribution is -0.205. The molecule has 7 nitrogen and oxygen atoms in total. The monoisotopic (exact) mass is 422 g/mol. The van der Waals surface area contributed by atoms with Crippen LogP contribution < -0.4 is 5.32 Å². The third kappa shape index (κ3) is 5.18. The molecule has 2 fully saturated rings. The van der Waals surface area contributed by atoms with Crippen molar-refractivity contribution in [2.24, 2.45) is 0 Å². The number of likely N-dealkylation sites (N-methyl/N-ethyl adjacent to an activating group) is 1. The number of nitrogens with one attached hydrogen (secondary N) is 1. The molecule has 8 atom stereocenters. The first-order valence-electron chi connectivity index (χ1n) is 9.26. The summed E-state index contributed by atoms with van der Waals surface area (Å²) in [4.78, 5) is 14.9. The molecule has 9 heteroatoms. The molecule has 0 bridgehead atoms. The van der Waals surface area contributed by atoms with Crippen LogP contribution in [-0.4, -0.2) is 93.3 Å². The number of aliphatic hydroxyl groups excluding tert-OH is 3. The molecule has 0 spiro atoms. The highest BCUT2D eigenvalue weighted by Gasteiger charge is 2.48. The number of thioether (sulfide) groups is 1. The molecule has 0 radical (unpaired) electrons.